The average Bonchev–Trinajstić information content (AvgIpc) is 2.42. The van der Waals surface area contributed by atoms with Crippen molar-refractivity contribution in [3.05, 3.63) is 10.6 Å². The van der Waals surface area contributed by atoms with Crippen LogP contribution >= 0.6 is 23.1 Å². The molecule has 1 aromatic rings. The number of hydrogen-bond acceptors (Lipinski definition) is 4. The van der Waals surface area contributed by atoms with E-state index in [1.165, 1.54) is 18.3 Å². The summed E-state index contributed by atoms with van der Waals surface area (Å²) in [5.74, 6) is -0.693. The lowest BCUT2D eigenvalue weighted by Gasteiger charge is -2.12. The van der Waals surface area contributed by atoms with E-state index in [1.807, 2.05) is 6.92 Å². The van der Waals surface area contributed by atoms with Crippen LogP contribution in [0.1, 0.15) is 17.5 Å². The summed E-state index contributed by atoms with van der Waals surface area (Å²) in [5, 5.41) is 1.51. The van der Waals surface area contributed by atoms with Crippen molar-refractivity contribution in [3.8, 4) is 0 Å². The van der Waals surface area contributed by atoms with Gasteiger partial charge in [0.15, 0.2) is 5.13 Å². The summed E-state index contributed by atoms with van der Waals surface area (Å²) in [6, 6.07) is 0. The molecule has 0 fully saturated rings. The van der Waals surface area contributed by atoms with Gasteiger partial charge < -0.3 is 5.32 Å². The predicted octanol–water partition coefficient (Wildman–Crippen LogP) is 3.34. The number of anilines is 1. The van der Waals surface area contributed by atoms with Crippen molar-refractivity contribution in [2.45, 2.75) is 31.5 Å². The fourth-order valence-electron chi connectivity index (χ4n) is 0.987. The largest absolute Gasteiger partial charge is 0.442 e. The molecule has 0 saturated carbocycles. The highest BCUT2D eigenvalue weighted by Gasteiger charge is 2.34. The van der Waals surface area contributed by atoms with E-state index >= 15 is 0 Å². The predicted molar refractivity (Wildman–Crippen MR) is 63.3 cm³/mol. The number of rotatable bonds is 3. The van der Waals surface area contributed by atoms with E-state index in [4.69, 9.17) is 0 Å². The first kappa shape index (κ1) is 14.3. The second kappa shape index (κ2) is 5.26. The van der Waals surface area contributed by atoms with Gasteiger partial charge in [-0.1, -0.05) is 0 Å². The summed E-state index contributed by atoms with van der Waals surface area (Å²) >= 11 is 0.904. The van der Waals surface area contributed by atoms with Crippen LogP contribution in [0.2, 0.25) is 0 Å². The van der Waals surface area contributed by atoms with Gasteiger partial charge in [0.1, 0.15) is 0 Å². The van der Waals surface area contributed by atoms with Crippen LogP contribution in [0, 0.1) is 13.8 Å². The molecule has 96 valence electrons. The molecule has 0 aromatic carbocycles. The lowest BCUT2D eigenvalue weighted by atomic mass is 10.4. The van der Waals surface area contributed by atoms with Crippen LogP contribution in [0.4, 0.5) is 18.3 Å². The van der Waals surface area contributed by atoms with Crippen molar-refractivity contribution < 1.29 is 18.0 Å². The van der Waals surface area contributed by atoms with Crippen LogP contribution in [0.25, 0.3) is 0 Å². The highest BCUT2D eigenvalue weighted by Crippen LogP contribution is 2.34. The molecule has 1 atom stereocenters. The molecule has 3 nitrogen and oxygen atoms in total. The van der Waals surface area contributed by atoms with Crippen LogP contribution in [-0.4, -0.2) is 21.6 Å². The van der Waals surface area contributed by atoms with Gasteiger partial charge in [0.25, 0.3) is 0 Å². The van der Waals surface area contributed by atoms with Crippen molar-refractivity contribution in [3.63, 3.8) is 0 Å². The second-order valence-electron chi connectivity index (χ2n) is 3.36. The minimum Gasteiger partial charge on any atom is -0.301 e. The van der Waals surface area contributed by atoms with Gasteiger partial charge in [-0.15, -0.1) is 11.3 Å². The third-order valence-corrected chi connectivity index (χ3v) is 3.76. The van der Waals surface area contributed by atoms with E-state index < -0.39 is 16.7 Å². The molecule has 1 rings (SSSR count). The molecule has 0 unspecified atom stereocenters. The lowest BCUT2D eigenvalue weighted by Crippen LogP contribution is -2.25. The molecule has 8 heteroatoms. The summed E-state index contributed by atoms with van der Waals surface area (Å²) in [6.07, 6.45) is 0. The Bertz CT molecular complexity index is 397. The maximum Gasteiger partial charge on any atom is 0.442 e. The number of thioether (sulfide) groups is 1. The number of nitrogens with one attached hydrogen (secondary N) is 1. The van der Waals surface area contributed by atoms with Gasteiger partial charge in [-0.3, -0.25) is 4.79 Å². The maximum atomic E-state index is 12.0. The molecule has 0 spiro atoms. The minimum atomic E-state index is -4.41. The Morgan fingerprint density at radius 2 is 2.06 bits per heavy atom. The fraction of sp³-hybridized carbons (Fsp3) is 0.556. The summed E-state index contributed by atoms with van der Waals surface area (Å²) in [6.45, 7) is 4.81. The number of amides is 1. The Morgan fingerprint density at radius 1 is 1.47 bits per heavy atom. The van der Waals surface area contributed by atoms with Crippen LogP contribution in [-0.2, 0) is 4.79 Å². The van der Waals surface area contributed by atoms with Crippen molar-refractivity contribution in [2.75, 3.05) is 5.32 Å². The van der Waals surface area contributed by atoms with Gasteiger partial charge in [0, 0.05) is 4.88 Å². The van der Waals surface area contributed by atoms with Gasteiger partial charge >= 0.3 is 5.51 Å². The molecule has 0 aliphatic heterocycles. The molecule has 0 aliphatic rings. The molecular formula is C9H11F3N2OS2. The van der Waals surface area contributed by atoms with Crippen LogP contribution in [0.5, 0.6) is 0 Å². The van der Waals surface area contributed by atoms with Gasteiger partial charge in [-0.2, -0.15) is 13.2 Å². The van der Waals surface area contributed by atoms with Crippen LogP contribution in [0.15, 0.2) is 0 Å². The summed E-state index contributed by atoms with van der Waals surface area (Å²) in [5.41, 5.74) is -3.65. The maximum absolute atomic E-state index is 12.0. The Balaban J connectivity index is 2.60. The number of alkyl halides is 3. The Hall–Kier alpha value is -0.760. The summed E-state index contributed by atoms with van der Waals surface area (Å²) in [7, 11) is 0. The topological polar surface area (TPSA) is 42.0 Å². The quantitative estimate of drug-likeness (QED) is 0.925. The number of nitrogens with zero attached hydrogens (tertiary/aromatic N) is 1. The normalized spacial score (nSPS) is 13.5. The van der Waals surface area contributed by atoms with Gasteiger partial charge in [-0.05, 0) is 32.5 Å². The van der Waals surface area contributed by atoms with Crippen LogP contribution < -0.4 is 5.32 Å². The first-order valence-electron chi connectivity index (χ1n) is 4.68. The highest BCUT2D eigenvalue weighted by molar-refractivity contribution is 8.01. The molecular weight excluding hydrogens is 273 g/mol. The zero-order valence-corrected chi connectivity index (χ0v) is 11.0. The molecule has 1 heterocycles. The smallest absolute Gasteiger partial charge is 0.301 e. The molecule has 0 bridgehead atoms. The monoisotopic (exact) mass is 284 g/mol. The van der Waals surface area contributed by atoms with Gasteiger partial charge in [0.05, 0.1) is 10.9 Å². The first-order valence-corrected chi connectivity index (χ1v) is 6.38. The zero-order valence-electron chi connectivity index (χ0n) is 9.38. The Morgan fingerprint density at radius 3 is 2.47 bits per heavy atom. The molecule has 0 saturated heterocycles. The molecule has 0 radical (unpaired) electrons. The van der Waals surface area contributed by atoms with Crippen molar-refractivity contribution >= 4 is 34.1 Å². The Labute approximate surface area is 105 Å². The number of aromatic nitrogens is 1. The number of carbonyl (C=O) groups excluding carboxylic acids is 1. The highest BCUT2D eigenvalue weighted by atomic mass is 32.2. The lowest BCUT2D eigenvalue weighted by molar-refractivity contribution is -0.115. The average molecular weight is 284 g/mol. The number of halogens is 3. The van der Waals surface area contributed by atoms with E-state index in [1.54, 1.807) is 6.92 Å². The number of hydrogen-bond donors (Lipinski definition) is 1. The van der Waals surface area contributed by atoms with E-state index in [2.05, 4.69) is 10.3 Å². The third kappa shape index (κ3) is 4.55. The SMILES string of the molecule is Cc1nc(NC(=O)[C@H](C)SC(F)(F)F)sc1C. The molecule has 1 aromatic heterocycles. The standard InChI is InChI=1S/C9H11F3N2OS2/c1-4-5(2)16-8(13-4)14-7(15)6(3)17-9(10,11)12/h6H,1-3H3,(H,13,14,15)/t6-/m0/s1. The van der Waals surface area contributed by atoms with Crippen molar-refractivity contribution in [1.82, 2.24) is 4.98 Å². The molecule has 17 heavy (non-hydrogen) atoms. The number of aryl methyl sites for hydroxylation is 2. The van der Waals surface area contributed by atoms with E-state index in [9.17, 15) is 18.0 Å². The van der Waals surface area contributed by atoms with E-state index in [-0.39, 0.29) is 11.8 Å². The van der Waals surface area contributed by atoms with Crippen molar-refractivity contribution in [2.24, 2.45) is 0 Å². The number of thiazole rings is 1. The van der Waals surface area contributed by atoms with Crippen molar-refractivity contribution in [1.29, 1.82) is 0 Å². The summed E-state index contributed by atoms with van der Waals surface area (Å²) in [4.78, 5) is 16.4. The molecule has 0 aliphatic carbocycles. The Kier molecular flexibility index (Phi) is 4.42. The second-order valence-corrected chi connectivity index (χ2v) is 5.96. The van der Waals surface area contributed by atoms with E-state index in [0.717, 1.165) is 10.6 Å². The van der Waals surface area contributed by atoms with Crippen LogP contribution in [0.3, 0.4) is 0 Å². The fourth-order valence-corrected chi connectivity index (χ4v) is 2.37. The summed E-state index contributed by atoms with van der Waals surface area (Å²) < 4.78 is 36.1. The minimum absolute atomic E-state index is 0.333. The third-order valence-electron chi connectivity index (χ3n) is 1.94. The van der Waals surface area contributed by atoms with Gasteiger partial charge in [-0.25, -0.2) is 4.98 Å². The number of carbonyl (C=O) groups is 1. The first-order chi connectivity index (χ1) is 7.69. The molecule has 1 N–H and O–H groups in total. The van der Waals surface area contributed by atoms with E-state index in [0.29, 0.717) is 5.13 Å². The zero-order chi connectivity index (χ0) is 13.2. The molecule has 1 amide bonds. The van der Waals surface area contributed by atoms with Gasteiger partial charge in [0.2, 0.25) is 5.91 Å².